The predicted octanol–water partition coefficient (Wildman–Crippen LogP) is 2.77. The second-order valence-corrected chi connectivity index (χ2v) is 4.58. The van der Waals surface area contributed by atoms with E-state index in [0.29, 0.717) is 22.9 Å². The molecular formula is C13H15ClN2O2. The molecule has 2 aromatic heterocycles. The zero-order chi connectivity index (χ0) is 13.1. The van der Waals surface area contributed by atoms with Crippen molar-refractivity contribution in [2.75, 3.05) is 11.9 Å². The van der Waals surface area contributed by atoms with E-state index >= 15 is 0 Å². The molecule has 2 aromatic rings. The van der Waals surface area contributed by atoms with Crippen LogP contribution in [0.25, 0.3) is 0 Å². The Bertz CT molecular complexity index is 540. The summed E-state index contributed by atoms with van der Waals surface area (Å²) >= 11 is 6.13. The number of hydrogen-bond acceptors (Lipinski definition) is 4. The van der Waals surface area contributed by atoms with Crippen LogP contribution >= 0.6 is 11.6 Å². The zero-order valence-corrected chi connectivity index (χ0v) is 11.1. The van der Waals surface area contributed by atoms with Gasteiger partial charge in [0.05, 0.1) is 18.2 Å². The highest BCUT2D eigenvalue weighted by Crippen LogP contribution is 2.24. The summed E-state index contributed by atoms with van der Waals surface area (Å²) in [6.07, 6.45) is 1.62. The van der Waals surface area contributed by atoms with Gasteiger partial charge in [-0.15, -0.1) is 0 Å². The lowest BCUT2D eigenvalue weighted by Gasteiger charge is -2.18. The van der Waals surface area contributed by atoms with E-state index in [4.69, 9.17) is 21.1 Å². The quantitative estimate of drug-likeness (QED) is 0.924. The maximum Gasteiger partial charge on any atom is 0.147 e. The number of rotatable bonds is 4. The largest absolute Gasteiger partial charge is 0.464 e. The van der Waals surface area contributed by atoms with E-state index < -0.39 is 0 Å². The fraction of sp³-hybridized carbons (Fsp3) is 0.308. The van der Waals surface area contributed by atoms with Crippen LogP contribution in [0.5, 0.6) is 0 Å². The Morgan fingerprint density at radius 3 is 2.78 bits per heavy atom. The number of nitrogens with zero attached hydrogens (tertiary/aromatic N) is 2. The smallest absolute Gasteiger partial charge is 0.147 e. The minimum Gasteiger partial charge on any atom is -0.464 e. The number of aliphatic hydroxyl groups is 1. The van der Waals surface area contributed by atoms with Gasteiger partial charge in [-0.25, -0.2) is 4.98 Å². The summed E-state index contributed by atoms with van der Waals surface area (Å²) in [7, 11) is 1.89. The molecule has 4 nitrogen and oxygen atoms in total. The van der Waals surface area contributed by atoms with Gasteiger partial charge in [0, 0.05) is 13.2 Å². The maximum absolute atomic E-state index is 9.00. The van der Waals surface area contributed by atoms with Crippen molar-refractivity contribution >= 4 is 17.4 Å². The SMILES string of the molecule is Cc1ccc(CN(C)c2ncc(CO)cc2Cl)o1. The lowest BCUT2D eigenvalue weighted by atomic mass is 10.3. The second-order valence-electron chi connectivity index (χ2n) is 4.18. The summed E-state index contributed by atoms with van der Waals surface area (Å²) in [5, 5.41) is 9.52. The standard InChI is InChI=1S/C13H15ClN2O2/c1-9-3-4-11(18-9)7-16(2)13-12(14)5-10(8-17)6-15-13/h3-6,17H,7-8H2,1-2H3. The molecule has 0 aliphatic carbocycles. The molecule has 0 bridgehead atoms. The highest BCUT2D eigenvalue weighted by Gasteiger charge is 2.10. The van der Waals surface area contributed by atoms with Crippen LogP contribution in [0.3, 0.4) is 0 Å². The van der Waals surface area contributed by atoms with Crippen molar-refractivity contribution in [1.82, 2.24) is 4.98 Å². The van der Waals surface area contributed by atoms with Crippen LogP contribution in [0.2, 0.25) is 5.02 Å². The van der Waals surface area contributed by atoms with Crippen LogP contribution in [0.15, 0.2) is 28.8 Å². The van der Waals surface area contributed by atoms with Gasteiger partial charge in [0.1, 0.15) is 17.3 Å². The first kappa shape index (κ1) is 12.9. The molecule has 0 saturated heterocycles. The van der Waals surface area contributed by atoms with Crippen molar-refractivity contribution in [3.63, 3.8) is 0 Å². The third-order valence-electron chi connectivity index (χ3n) is 2.61. The van der Waals surface area contributed by atoms with Gasteiger partial charge in [-0.2, -0.15) is 0 Å². The molecule has 0 saturated carbocycles. The third kappa shape index (κ3) is 2.83. The molecule has 0 aliphatic heterocycles. The molecule has 2 heterocycles. The number of furan rings is 1. The van der Waals surface area contributed by atoms with Crippen molar-refractivity contribution in [3.8, 4) is 0 Å². The number of hydrogen-bond donors (Lipinski definition) is 1. The third-order valence-corrected chi connectivity index (χ3v) is 2.89. The normalized spacial score (nSPS) is 10.7. The van der Waals surface area contributed by atoms with Crippen LogP contribution in [0, 0.1) is 6.92 Å². The minimum atomic E-state index is -0.0614. The Labute approximate surface area is 111 Å². The van der Waals surface area contributed by atoms with E-state index in [-0.39, 0.29) is 6.61 Å². The molecule has 0 spiro atoms. The van der Waals surface area contributed by atoms with Crippen LogP contribution in [0.4, 0.5) is 5.82 Å². The highest BCUT2D eigenvalue weighted by atomic mass is 35.5. The number of aryl methyl sites for hydroxylation is 1. The Balaban J connectivity index is 2.15. The van der Waals surface area contributed by atoms with E-state index in [2.05, 4.69) is 4.98 Å². The van der Waals surface area contributed by atoms with Gasteiger partial charge in [0.15, 0.2) is 0 Å². The van der Waals surface area contributed by atoms with Crippen molar-refractivity contribution in [1.29, 1.82) is 0 Å². The van der Waals surface area contributed by atoms with Gasteiger partial charge in [0.2, 0.25) is 0 Å². The first-order valence-corrected chi connectivity index (χ1v) is 5.99. The van der Waals surface area contributed by atoms with Gasteiger partial charge >= 0.3 is 0 Å². The summed E-state index contributed by atoms with van der Waals surface area (Å²) < 4.78 is 5.51. The zero-order valence-electron chi connectivity index (χ0n) is 10.4. The molecule has 0 aliphatic rings. The van der Waals surface area contributed by atoms with Crippen molar-refractivity contribution < 1.29 is 9.52 Å². The second kappa shape index (κ2) is 5.42. The lowest BCUT2D eigenvalue weighted by Crippen LogP contribution is -2.17. The van der Waals surface area contributed by atoms with Gasteiger partial charge in [-0.3, -0.25) is 0 Å². The molecule has 1 N–H and O–H groups in total. The molecule has 0 aromatic carbocycles. The van der Waals surface area contributed by atoms with Crippen LogP contribution in [0.1, 0.15) is 17.1 Å². The van der Waals surface area contributed by atoms with Gasteiger partial charge < -0.3 is 14.4 Å². The van der Waals surface area contributed by atoms with Crippen LogP contribution < -0.4 is 4.90 Å². The molecule has 0 unspecified atom stereocenters. The Hall–Kier alpha value is -1.52. The van der Waals surface area contributed by atoms with Crippen molar-refractivity contribution in [2.24, 2.45) is 0 Å². The Morgan fingerprint density at radius 1 is 1.44 bits per heavy atom. The molecular weight excluding hydrogens is 252 g/mol. The summed E-state index contributed by atoms with van der Waals surface area (Å²) in [5.41, 5.74) is 0.700. The highest BCUT2D eigenvalue weighted by molar-refractivity contribution is 6.33. The number of halogens is 1. The van der Waals surface area contributed by atoms with E-state index in [1.165, 1.54) is 0 Å². The summed E-state index contributed by atoms with van der Waals surface area (Å²) in [6.45, 7) is 2.44. The molecule has 0 fully saturated rings. The Kier molecular flexibility index (Phi) is 3.89. The average Bonchev–Trinajstić information content (AvgIpc) is 2.74. The number of anilines is 1. The van der Waals surface area contributed by atoms with E-state index in [9.17, 15) is 0 Å². The maximum atomic E-state index is 9.00. The molecule has 96 valence electrons. The number of pyridine rings is 1. The molecule has 0 atom stereocenters. The van der Waals surface area contributed by atoms with E-state index in [1.807, 2.05) is 31.0 Å². The van der Waals surface area contributed by atoms with E-state index in [1.54, 1.807) is 12.3 Å². The van der Waals surface area contributed by atoms with Gasteiger partial charge in [0.25, 0.3) is 0 Å². The fourth-order valence-corrected chi connectivity index (χ4v) is 2.05. The summed E-state index contributed by atoms with van der Waals surface area (Å²) in [5.74, 6) is 2.41. The lowest BCUT2D eigenvalue weighted by molar-refractivity contribution is 0.281. The molecule has 0 amide bonds. The van der Waals surface area contributed by atoms with Crippen LogP contribution in [-0.2, 0) is 13.2 Å². The van der Waals surface area contributed by atoms with Gasteiger partial charge in [-0.1, -0.05) is 11.6 Å². The topological polar surface area (TPSA) is 49.5 Å². The molecule has 0 radical (unpaired) electrons. The number of aliphatic hydroxyl groups excluding tert-OH is 1. The molecule has 5 heteroatoms. The molecule has 2 rings (SSSR count). The van der Waals surface area contributed by atoms with Crippen LogP contribution in [-0.4, -0.2) is 17.1 Å². The Morgan fingerprint density at radius 2 is 2.22 bits per heavy atom. The fourth-order valence-electron chi connectivity index (χ4n) is 1.72. The van der Waals surface area contributed by atoms with Gasteiger partial charge in [-0.05, 0) is 30.7 Å². The summed E-state index contributed by atoms with van der Waals surface area (Å²) in [4.78, 5) is 6.15. The molecule has 18 heavy (non-hydrogen) atoms. The predicted molar refractivity (Wildman–Crippen MR) is 70.7 cm³/mol. The minimum absolute atomic E-state index is 0.0614. The monoisotopic (exact) mass is 266 g/mol. The van der Waals surface area contributed by atoms with Crippen molar-refractivity contribution in [2.45, 2.75) is 20.1 Å². The average molecular weight is 267 g/mol. The first-order chi connectivity index (χ1) is 8.60. The number of aromatic nitrogens is 1. The summed E-state index contributed by atoms with van der Waals surface area (Å²) in [6, 6.07) is 5.57. The van der Waals surface area contributed by atoms with Crippen molar-refractivity contribution in [3.05, 3.63) is 46.5 Å². The van der Waals surface area contributed by atoms with E-state index in [0.717, 1.165) is 11.5 Å². The first-order valence-electron chi connectivity index (χ1n) is 5.62.